The second-order valence-electron chi connectivity index (χ2n) is 4.58. The summed E-state index contributed by atoms with van der Waals surface area (Å²) in [4.78, 5) is 14.8. The molecule has 0 aliphatic carbocycles. The third-order valence-electron chi connectivity index (χ3n) is 3.02. The van der Waals surface area contributed by atoms with E-state index in [0.717, 1.165) is 12.1 Å². The first kappa shape index (κ1) is 14.1. The molecule has 0 fully saturated rings. The van der Waals surface area contributed by atoms with E-state index >= 15 is 0 Å². The molecule has 0 spiro atoms. The number of H-pyrrole nitrogens is 1. The number of imidazole rings is 1. The Labute approximate surface area is 122 Å². The summed E-state index contributed by atoms with van der Waals surface area (Å²) in [6, 6.07) is 5.07. The van der Waals surface area contributed by atoms with Crippen LogP contribution in [0.25, 0.3) is 11.2 Å². The number of alkyl halides is 3. The monoisotopic (exact) mass is 308 g/mol. The van der Waals surface area contributed by atoms with Gasteiger partial charge >= 0.3 is 6.18 Å². The van der Waals surface area contributed by atoms with Gasteiger partial charge in [0.15, 0.2) is 11.5 Å². The molecule has 3 aromatic rings. The third-order valence-corrected chi connectivity index (χ3v) is 3.02. The Kier molecular flexibility index (Phi) is 3.32. The molecule has 0 aliphatic rings. The van der Waals surface area contributed by atoms with Crippen molar-refractivity contribution in [2.24, 2.45) is 0 Å². The number of nitrogens with zero attached hydrogens (tertiary/aromatic N) is 3. The van der Waals surface area contributed by atoms with E-state index in [2.05, 4.69) is 25.3 Å². The molecule has 4 N–H and O–H groups in total. The minimum atomic E-state index is -4.37. The van der Waals surface area contributed by atoms with Gasteiger partial charge in [-0.2, -0.15) is 23.1 Å². The van der Waals surface area contributed by atoms with Crippen LogP contribution in [0.3, 0.4) is 0 Å². The lowest BCUT2D eigenvalue weighted by Gasteiger charge is -2.10. The van der Waals surface area contributed by atoms with Crippen LogP contribution in [0.4, 0.5) is 24.9 Å². The number of nitrogens with one attached hydrogen (secondary N) is 2. The lowest BCUT2D eigenvalue weighted by Crippen LogP contribution is -2.08. The molecule has 114 valence electrons. The molecule has 6 nitrogen and oxygen atoms in total. The summed E-state index contributed by atoms with van der Waals surface area (Å²) in [6.45, 7) is 0.161. The lowest BCUT2D eigenvalue weighted by molar-refractivity contribution is -0.137. The number of hydrogen-bond acceptors (Lipinski definition) is 5. The summed E-state index contributed by atoms with van der Waals surface area (Å²) in [5.74, 6) is 0.420. The Hall–Kier alpha value is -2.84. The van der Waals surface area contributed by atoms with Crippen molar-refractivity contribution in [1.82, 2.24) is 19.9 Å². The Morgan fingerprint density at radius 3 is 2.82 bits per heavy atom. The second-order valence-corrected chi connectivity index (χ2v) is 4.58. The molecular weight excluding hydrogens is 297 g/mol. The number of benzene rings is 1. The zero-order valence-electron chi connectivity index (χ0n) is 11.1. The maximum absolute atomic E-state index is 12.7. The van der Waals surface area contributed by atoms with Gasteiger partial charge in [0.1, 0.15) is 5.52 Å². The molecule has 0 unspecified atom stereocenters. The Balaban J connectivity index is 1.84. The normalized spacial score (nSPS) is 11.8. The van der Waals surface area contributed by atoms with Crippen molar-refractivity contribution in [3.63, 3.8) is 0 Å². The van der Waals surface area contributed by atoms with E-state index in [4.69, 9.17) is 5.73 Å². The lowest BCUT2D eigenvalue weighted by atomic mass is 10.1. The molecule has 2 heterocycles. The Bertz CT molecular complexity index is 811. The topological polar surface area (TPSA) is 92.5 Å². The smallest absolute Gasteiger partial charge is 0.368 e. The summed E-state index contributed by atoms with van der Waals surface area (Å²) in [5.41, 5.74) is 6.28. The number of nitrogens with two attached hydrogens (primary N) is 1. The summed E-state index contributed by atoms with van der Waals surface area (Å²) in [6.07, 6.45) is -2.93. The summed E-state index contributed by atoms with van der Waals surface area (Å²) in [5, 5.41) is 2.94. The van der Waals surface area contributed by atoms with Gasteiger partial charge in [-0.3, -0.25) is 0 Å². The molecule has 0 saturated heterocycles. The van der Waals surface area contributed by atoms with Crippen molar-refractivity contribution >= 4 is 22.9 Å². The average molecular weight is 308 g/mol. The van der Waals surface area contributed by atoms with Crippen molar-refractivity contribution in [1.29, 1.82) is 0 Å². The summed E-state index contributed by atoms with van der Waals surface area (Å²) >= 11 is 0. The minimum absolute atomic E-state index is 0.0335. The molecule has 0 aliphatic heterocycles. The number of rotatable bonds is 3. The van der Waals surface area contributed by atoms with Crippen LogP contribution in [0.1, 0.15) is 11.1 Å². The summed E-state index contributed by atoms with van der Waals surface area (Å²) in [7, 11) is 0. The minimum Gasteiger partial charge on any atom is -0.368 e. The number of fused-ring (bicyclic) bond motifs is 1. The van der Waals surface area contributed by atoms with Gasteiger partial charge < -0.3 is 16.0 Å². The number of hydrogen-bond donors (Lipinski definition) is 3. The van der Waals surface area contributed by atoms with Crippen molar-refractivity contribution in [3.05, 3.63) is 41.7 Å². The maximum atomic E-state index is 12.7. The first-order valence-corrected chi connectivity index (χ1v) is 6.30. The van der Waals surface area contributed by atoms with E-state index in [0.29, 0.717) is 22.5 Å². The molecule has 0 amide bonds. The molecule has 0 atom stereocenters. The molecule has 9 heteroatoms. The SMILES string of the molecule is Nc1nc(NCc2cccc(C(F)(F)F)c2)c2[nH]cnc2n1. The van der Waals surface area contributed by atoms with Crippen molar-refractivity contribution in [2.45, 2.75) is 12.7 Å². The molecule has 0 radical (unpaired) electrons. The van der Waals surface area contributed by atoms with Gasteiger partial charge in [-0.25, -0.2) is 4.98 Å². The van der Waals surface area contributed by atoms with Crippen LogP contribution in [0.15, 0.2) is 30.6 Å². The van der Waals surface area contributed by atoms with Gasteiger partial charge in [-0.05, 0) is 17.7 Å². The molecular formula is C13H11F3N6. The summed E-state index contributed by atoms with van der Waals surface area (Å²) < 4.78 is 38.0. The fourth-order valence-electron chi connectivity index (χ4n) is 2.02. The largest absolute Gasteiger partial charge is 0.416 e. The van der Waals surface area contributed by atoms with E-state index in [1.54, 1.807) is 6.07 Å². The van der Waals surface area contributed by atoms with Crippen molar-refractivity contribution in [3.8, 4) is 0 Å². The van der Waals surface area contributed by atoms with E-state index in [-0.39, 0.29) is 12.5 Å². The highest BCUT2D eigenvalue weighted by molar-refractivity contribution is 5.83. The van der Waals surface area contributed by atoms with Crippen LogP contribution >= 0.6 is 0 Å². The fraction of sp³-hybridized carbons (Fsp3) is 0.154. The standard InChI is InChI=1S/C13H11F3N6/c14-13(15,16)8-3-1-2-7(4-8)5-18-10-9-11(20-6-19-9)22-12(17)21-10/h1-4,6H,5H2,(H4,17,18,19,20,21,22). The van der Waals surface area contributed by atoms with Gasteiger partial charge in [-0.15, -0.1) is 0 Å². The quantitative estimate of drug-likeness (QED) is 0.691. The van der Waals surface area contributed by atoms with Crippen LogP contribution in [0.5, 0.6) is 0 Å². The third kappa shape index (κ3) is 2.78. The fourth-order valence-corrected chi connectivity index (χ4v) is 2.02. The maximum Gasteiger partial charge on any atom is 0.416 e. The molecule has 22 heavy (non-hydrogen) atoms. The van der Waals surface area contributed by atoms with Crippen LogP contribution in [0, 0.1) is 0 Å². The number of aromatic nitrogens is 4. The van der Waals surface area contributed by atoms with E-state index < -0.39 is 11.7 Å². The van der Waals surface area contributed by atoms with E-state index in [9.17, 15) is 13.2 Å². The van der Waals surface area contributed by atoms with E-state index in [1.807, 2.05) is 0 Å². The molecule has 1 aromatic carbocycles. The molecule has 0 bridgehead atoms. The van der Waals surface area contributed by atoms with Gasteiger partial charge in [-0.1, -0.05) is 12.1 Å². The highest BCUT2D eigenvalue weighted by Crippen LogP contribution is 2.29. The first-order valence-electron chi connectivity index (χ1n) is 6.30. The zero-order valence-corrected chi connectivity index (χ0v) is 11.1. The highest BCUT2D eigenvalue weighted by Gasteiger charge is 2.30. The van der Waals surface area contributed by atoms with Crippen LogP contribution in [-0.2, 0) is 12.7 Å². The van der Waals surface area contributed by atoms with Gasteiger partial charge in [0.25, 0.3) is 0 Å². The highest BCUT2D eigenvalue weighted by atomic mass is 19.4. The molecule has 2 aromatic heterocycles. The zero-order chi connectivity index (χ0) is 15.7. The average Bonchev–Trinajstić information content (AvgIpc) is 2.92. The second kappa shape index (κ2) is 5.17. The van der Waals surface area contributed by atoms with Gasteiger partial charge in [0, 0.05) is 6.54 Å². The van der Waals surface area contributed by atoms with Gasteiger partial charge in [0.2, 0.25) is 5.95 Å². The number of nitrogen functional groups attached to an aromatic ring is 1. The Morgan fingerprint density at radius 1 is 1.23 bits per heavy atom. The van der Waals surface area contributed by atoms with Crippen LogP contribution < -0.4 is 11.1 Å². The van der Waals surface area contributed by atoms with Crippen molar-refractivity contribution in [2.75, 3.05) is 11.1 Å². The predicted octanol–water partition coefficient (Wildman–Crippen LogP) is 2.57. The van der Waals surface area contributed by atoms with Crippen molar-refractivity contribution < 1.29 is 13.2 Å². The van der Waals surface area contributed by atoms with Gasteiger partial charge in [0.05, 0.1) is 11.9 Å². The number of aromatic amines is 1. The number of halogens is 3. The molecule has 0 saturated carbocycles. The van der Waals surface area contributed by atoms with E-state index in [1.165, 1.54) is 12.4 Å². The number of anilines is 2. The van der Waals surface area contributed by atoms with Crippen LogP contribution in [0.2, 0.25) is 0 Å². The Morgan fingerprint density at radius 2 is 2.05 bits per heavy atom. The first-order chi connectivity index (χ1) is 10.4. The predicted molar refractivity (Wildman–Crippen MR) is 74.9 cm³/mol. The molecule has 3 rings (SSSR count). The van der Waals surface area contributed by atoms with Crippen LogP contribution in [-0.4, -0.2) is 19.9 Å².